The van der Waals surface area contributed by atoms with Gasteiger partial charge >= 0.3 is 0 Å². The number of hydrogen-bond acceptors (Lipinski definition) is 4. The van der Waals surface area contributed by atoms with Crippen molar-refractivity contribution in [2.24, 2.45) is 5.92 Å². The molecule has 0 saturated heterocycles. The van der Waals surface area contributed by atoms with Gasteiger partial charge in [0.15, 0.2) is 0 Å². The standard InChI is InChI=1S/C16H26ClNO3/c1-10(2)16(4,19)9-18-11(3)12-7-13(17)15(21-6)8-14(12)20-5/h7-8,10-11,18-19H,9H2,1-6H3. The average molecular weight is 316 g/mol. The molecule has 1 rings (SSSR count). The Bertz CT molecular complexity index is 475. The van der Waals surface area contributed by atoms with Gasteiger partial charge in [-0.2, -0.15) is 0 Å². The highest BCUT2D eigenvalue weighted by atomic mass is 35.5. The van der Waals surface area contributed by atoms with E-state index in [0.29, 0.717) is 23.1 Å². The number of hydrogen-bond donors (Lipinski definition) is 2. The lowest BCUT2D eigenvalue weighted by Gasteiger charge is -2.30. The van der Waals surface area contributed by atoms with E-state index in [0.717, 1.165) is 5.56 Å². The quantitative estimate of drug-likeness (QED) is 0.809. The lowest BCUT2D eigenvalue weighted by molar-refractivity contribution is 0.0121. The summed E-state index contributed by atoms with van der Waals surface area (Å²) in [6.45, 7) is 8.32. The van der Waals surface area contributed by atoms with Gasteiger partial charge in [0.2, 0.25) is 0 Å². The number of halogens is 1. The highest BCUT2D eigenvalue weighted by Gasteiger charge is 2.26. The monoisotopic (exact) mass is 315 g/mol. The summed E-state index contributed by atoms with van der Waals surface area (Å²) in [6, 6.07) is 3.60. The number of nitrogens with one attached hydrogen (secondary N) is 1. The molecular weight excluding hydrogens is 290 g/mol. The summed E-state index contributed by atoms with van der Waals surface area (Å²) >= 11 is 6.19. The average Bonchev–Trinajstić information content (AvgIpc) is 2.44. The maximum absolute atomic E-state index is 10.3. The van der Waals surface area contributed by atoms with Gasteiger partial charge in [0, 0.05) is 24.2 Å². The van der Waals surface area contributed by atoms with Crippen LogP contribution in [0.1, 0.15) is 39.3 Å². The van der Waals surface area contributed by atoms with E-state index >= 15 is 0 Å². The first-order valence-corrected chi connectivity index (χ1v) is 7.48. The van der Waals surface area contributed by atoms with Crippen LogP contribution in [0.4, 0.5) is 0 Å². The Morgan fingerprint density at radius 3 is 2.24 bits per heavy atom. The predicted octanol–water partition coefficient (Wildman–Crippen LogP) is 3.41. The van der Waals surface area contributed by atoms with Crippen LogP contribution in [0, 0.1) is 5.92 Å². The molecule has 0 saturated carbocycles. The van der Waals surface area contributed by atoms with Crippen LogP contribution in [-0.2, 0) is 0 Å². The minimum absolute atomic E-state index is 0.00594. The fraction of sp³-hybridized carbons (Fsp3) is 0.625. The van der Waals surface area contributed by atoms with Gasteiger partial charge in [-0.15, -0.1) is 0 Å². The summed E-state index contributed by atoms with van der Waals surface area (Å²) in [4.78, 5) is 0. The van der Waals surface area contributed by atoms with E-state index < -0.39 is 5.60 Å². The van der Waals surface area contributed by atoms with Crippen LogP contribution in [0.2, 0.25) is 5.02 Å². The van der Waals surface area contributed by atoms with Crippen molar-refractivity contribution in [2.75, 3.05) is 20.8 Å². The lowest BCUT2D eigenvalue weighted by Crippen LogP contribution is -2.43. The number of benzene rings is 1. The van der Waals surface area contributed by atoms with Gasteiger partial charge in [-0.05, 0) is 25.8 Å². The maximum atomic E-state index is 10.3. The van der Waals surface area contributed by atoms with Crippen LogP contribution in [0.3, 0.4) is 0 Å². The zero-order valence-corrected chi connectivity index (χ0v) is 14.4. The van der Waals surface area contributed by atoms with Gasteiger partial charge in [0.1, 0.15) is 11.5 Å². The van der Waals surface area contributed by atoms with Crippen molar-refractivity contribution >= 4 is 11.6 Å². The van der Waals surface area contributed by atoms with Gasteiger partial charge in [0.25, 0.3) is 0 Å². The molecule has 0 bridgehead atoms. The molecule has 0 amide bonds. The molecule has 1 aromatic carbocycles. The molecule has 0 radical (unpaired) electrons. The van der Waals surface area contributed by atoms with Crippen molar-refractivity contribution in [1.82, 2.24) is 5.32 Å². The fourth-order valence-electron chi connectivity index (χ4n) is 1.90. The number of methoxy groups -OCH3 is 2. The van der Waals surface area contributed by atoms with Gasteiger partial charge in [-0.3, -0.25) is 0 Å². The Labute approximate surface area is 132 Å². The summed E-state index contributed by atoms with van der Waals surface area (Å²) in [5.41, 5.74) is 0.167. The molecule has 21 heavy (non-hydrogen) atoms. The molecule has 0 heterocycles. The number of rotatable bonds is 7. The second-order valence-electron chi connectivity index (χ2n) is 5.84. The Balaban J connectivity index is 2.92. The van der Waals surface area contributed by atoms with Crippen molar-refractivity contribution < 1.29 is 14.6 Å². The Morgan fingerprint density at radius 2 is 1.76 bits per heavy atom. The zero-order valence-electron chi connectivity index (χ0n) is 13.7. The Hall–Kier alpha value is -0.970. The molecule has 0 aromatic heterocycles. The van der Waals surface area contributed by atoms with Crippen LogP contribution < -0.4 is 14.8 Å². The summed E-state index contributed by atoms with van der Waals surface area (Å²) in [5, 5.41) is 14.2. The molecule has 120 valence electrons. The van der Waals surface area contributed by atoms with Crippen molar-refractivity contribution in [3.8, 4) is 11.5 Å². The molecule has 0 spiro atoms. The van der Waals surface area contributed by atoms with Crippen molar-refractivity contribution in [3.63, 3.8) is 0 Å². The van der Waals surface area contributed by atoms with Crippen molar-refractivity contribution in [3.05, 3.63) is 22.7 Å². The lowest BCUT2D eigenvalue weighted by atomic mass is 9.92. The van der Waals surface area contributed by atoms with E-state index in [2.05, 4.69) is 5.32 Å². The van der Waals surface area contributed by atoms with E-state index in [9.17, 15) is 5.11 Å². The Kier molecular flexibility index (Phi) is 6.32. The molecule has 0 aliphatic heterocycles. The van der Waals surface area contributed by atoms with Crippen molar-refractivity contribution in [1.29, 1.82) is 0 Å². The van der Waals surface area contributed by atoms with Gasteiger partial charge in [0.05, 0.1) is 24.8 Å². The van der Waals surface area contributed by atoms with Crippen LogP contribution in [0.15, 0.2) is 12.1 Å². The first-order valence-electron chi connectivity index (χ1n) is 7.10. The van der Waals surface area contributed by atoms with Crippen molar-refractivity contribution in [2.45, 2.75) is 39.3 Å². The summed E-state index contributed by atoms with van der Waals surface area (Å²) in [6.07, 6.45) is 0. The summed E-state index contributed by atoms with van der Waals surface area (Å²) in [7, 11) is 3.19. The summed E-state index contributed by atoms with van der Waals surface area (Å²) < 4.78 is 10.6. The smallest absolute Gasteiger partial charge is 0.141 e. The second kappa shape index (κ2) is 7.34. The van der Waals surface area contributed by atoms with Crippen LogP contribution in [-0.4, -0.2) is 31.5 Å². The van der Waals surface area contributed by atoms with E-state index in [4.69, 9.17) is 21.1 Å². The second-order valence-corrected chi connectivity index (χ2v) is 6.25. The third kappa shape index (κ3) is 4.50. The van der Waals surface area contributed by atoms with Crippen LogP contribution in [0.25, 0.3) is 0 Å². The van der Waals surface area contributed by atoms with Crippen LogP contribution >= 0.6 is 11.6 Å². The van der Waals surface area contributed by atoms with E-state index in [1.165, 1.54) is 0 Å². The largest absolute Gasteiger partial charge is 0.496 e. The molecule has 2 unspecified atom stereocenters. The van der Waals surface area contributed by atoms with E-state index in [1.54, 1.807) is 20.3 Å². The topological polar surface area (TPSA) is 50.7 Å². The van der Waals surface area contributed by atoms with Crippen LogP contribution in [0.5, 0.6) is 11.5 Å². The molecule has 5 heteroatoms. The van der Waals surface area contributed by atoms with Gasteiger partial charge < -0.3 is 19.9 Å². The predicted molar refractivity (Wildman–Crippen MR) is 86.4 cm³/mol. The van der Waals surface area contributed by atoms with Gasteiger partial charge in [-0.1, -0.05) is 25.4 Å². The number of ether oxygens (including phenoxy) is 2. The molecule has 0 fully saturated rings. The zero-order chi connectivity index (χ0) is 16.2. The molecule has 1 aromatic rings. The van der Waals surface area contributed by atoms with E-state index in [1.807, 2.05) is 33.8 Å². The number of aliphatic hydroxyl groups is 1. The molecule has 2 N–H and O–H groups in total. The van der Waals surface area contributed by atoms with E-state index in [-0.39, 0.29) is 12.0 Å². The molecule has 0 aliphatic carbocycles. The molecule has 2 atom stereocenters. The minimum Gasteiger partial charge on any atom is -0.496 e. The van der Waals surface area contributed by atoms with Gasteiger partial charge in [-0.25, -0.2) is 0 Å². The first kappa shape index (κ1) is 18.1. The Morgan fingerprint density at radius 1 is 1.19 bits per heavy atom. The molecule has 4 nitrogen and oxygen atoms in total. The fourth-order valence-corrected chi connectivity index (χ4v) is 2.14. The summed E-state index contributed by atoms with van der Waals surface area (Å²) in [5.74, 6) is 1.46. The molecular formula is C16H26ClNO3. The SMILES string of the molecule is COc1cc(OC)c(C(C)NCC(C)(O)C(C)C)cc1Cl. The highest BCUT2D eigenvalue weighted by molar-refractivity contribution is 6.32. The first-order chi connectivity index (χ1) is 9.72. The third-order valence-corrected chi connectivity index (χ3v) is 4.28. The third-order valence-electron chi connectivity index (χ3n) is 3.98. The highest BCUT2D eigenvalue weighted by Crippen LogP contribution is 2.35. The normalized spacial score (nSPS) is 15.7. The minimum atomic E-state index is -0.766. The molecule has 0 aliphatic rings. The maximum Gasteiger partial charge on any atom is 0.141 e.